The van der Waals surface area contributed by atoms with Crippen molar-refractivity contribution in [3.8, 4) is 0 Å². The molecule has 1 N–H and O–H groups in total. The molecule has 5 rings (SSSR count). The number of carbonyl (C=O) groups excluding carboxylic acids is 1. The van der Waals surface area contributed by atoms with Crippen LogP contribution in [0.1, 0.15) is 32.1 Å². The lowest BCUT2D eigenvalue weighted by Gasteiger charge is -2.26. The van der Waals surface area contributed by atoms with Crippen LogP contribution in [0.5, 0.6) is 0 Å². The summed E-state index contributed by atoms with van der Waals surface area (Å²) in [4.78, 5) is 17.0. The van der Waals surface area contributed by atoms with Gasteiger partial charge in [-0.25, -0.2) is 16.8 Å². The maximum Gasteiger partial charge on any atom is 0.277 e. The third kappa shape index (κ3) is 4.89. The third-order valence-electron chi connectivity index (χ3n) is 6.70. The Morgan fingerprint density at radius 3 is 1.89 bits per heavy atom. The average Bonchev–Trinajstić information content (AvgIpc) is 2.95. The topological polar surface area (TPSA) is 114 Å². The zero-order valence-corrected chi connectivity index (χ0v) is 22.2. The molecule has 1 heterocycles. The Kier molecular flexibility index (Phi) is 7.18. The van der Waals surface area contributed by atoms with Gasteiger partial charge in [0.2, 0.25) is 5.91 Å². The van der Waals surface area contributed by atoms with Crippen molar-refractivity contribution in [2.45, 2.75) is 41.9 Å². The molecule has 1 amide bonds. The highest BCUT2D eigenvalue weighted by atomic mass is 32.3. The van der Waals surface area contributed by atoms with E-state index in [-0.39, 0.29) is 32.7 Å². The Bertz CT molecular complexity index is 1600. The van der Waals surface area contributed by atoms with Crippen LogP contribution in [0, 0.1) is 5.92 Å². The van der Waals surface area contributed by atoms with Crippen molar-refractivity contribution in [1.29, 1.82) is 0 Å². The van der Waals surface area contributed by atoms with E-state index in [2.05, 4.69) is 10.3 Å². The van der Waals surface area contributed by atoms with E-state index < -0.39 is 20.0 Å². The van der Waals surface area contributed by atoms with Gasteiger partial charge in [0.05, 0.1) is 26.7 Å². The SMILES string of the molecule is O=C(Nc1ccc(N(S(=O)(=O)c2ccccc2)S(=O)(=O)c2ccccc2)c2cccnc12)C1CCCCC1. The van der Waals surface area contributed by atoms with E-state index in [1.165, 1.54) is 66.9 Å². The monoisotopic (exact) mass is 549 g/mol. The van der Waals surface area contributed by atoms with Gasteiger partial charge in [0.15, 0.2) is 0 Å². The van der Waals surface area contributed by atoms with Crippen molar-refractivity contribution in [1.82, 2.24) is 4.98 Å². The van der Waals surface area contributed by atoms with Crippen LogP contribution in [-0.2, 0) is 24.8 Å². The van der Waals surface area contributed by atoms with Crippen molar-refractivity contribution >= 4 is 48.2 Å². The molecule has 0 spiro atoms. The first-order chi connectivity index (χ1) is 18.3. The Morgan fingerprint density at radius 2 is 1.32 bits per heavy atom. The second kappa shape index (κ2) is 10.5. The minimum Gasteiger partial charge on any atom is -0.324 e. The average molecular weight is 550 g/mol. The van der Waals surface area contributed by atoms with Crippen molar-refractivity contribution < 1.29 is 21.6 Å². The van der Waals surface area contributed by atoms with Gasteiger partial charge in [-0.1, -0.05) is 55.7 Å². The van der Waals surface area contributed by atoms with E-state index in [0.29, 0.717) is 14.9 Å². The molecule has 0 unspecified atom stereocenters. The number of amides is 1. The molecule has 196 valence electrons. The quantitative estimate of drug-likeness (QED) is 0.333. The molecule has 0 bridgehead atoms. The number of carbonyl (C=O) groups is 1. The van der Waals surface area contributed by atoms with Crippen molar-refractivity contribution in [2.24, 2.45) is 5.92 Å². The van der Waals surface area contributed by atoms with Crippen LogP contribution in [0.25, 0.3) is 10.9 Å². The summed E-state index contributed by atoms with van der Waals surface area (Å²) in [6.07, 6.45) is 6.26. The first-order valence-electron chi connectivity index (χ1n) is 12.4. The zero-order chi connectivity index (χ0) is 26.8. The largest absolute Gasteiger partial charge is 0.324 e. The molecule has 3 aromatic carbocycles. The van der Waals surface area contributed by atoms with Crippen LogP contribution in [0.2, 0.25) is 0 Å². The molecule has 10 heteroatoms. The van der Waals surface area contributed by atoms with Crippen molar-refractivity contribution in [3.63, 3.8) is 0 Å². The Morgan fingerprint density at radius 1 is 0.737 bits per heavy atom. The fourth-order valence-corrected chi connectivity index (χ4v) is 8.55. The number of pyridine rings is 1. The zero-order valence-electron chi connectivity index (χ0n) is 20.5. The van der Waals surface area contributed by atoms with Crippen LogP contribution in [0.15, 0.2) is 101 Å². The lowest BCUT2D eigenvalue weighted by Crippen LogP contribution is -2.37. The first kappa shape index (κ1) is 25.9. The highest BCUT2D eigenvalue weighted by molar-refractivity contribution is 8.10. The van der Waals surface area contributed by atoms with Crippen molar-refractivity contribution in [3.05, 3.63) is 91.1 Å². The summed E-state index contributed by atoms with van der Waals surface area (Å²) in [6.45, 7) is 0. The summed E-state index contributed by atoms with van der Waals surface area (Å²) in [5.74, 6) is -0.217. The number of fused-ring (bicyclic) bond motifs is 1. The van der Waals surface area contributed by atoms with Crippen LogP contribution in [0.4, 0.5) is 11.4 Å². The number of hydrogen-bond acceptors (Lipinski definition) is 6. The Balaban J connectivity index is 1.68. The van der Waals surface area contributed by atoms with Crippen LogP contribution in [-0.4, -0.2) is 27.7 Å². The molecule has 0 saturated heterocycles. The van der Waals surface area contributed by atoms with Gasteiger partial charge in [-0.2, -0.15) is 3.71 Å². The van der Waals surface area contributed by atoms with Gasteiger partial charge >= 0.3 is 0 Å². The van der Waals surface area contributed by atoms with Crippen LogP contribution in [0.3, 0.4) is 0 Å². The maximum absolute atomic E-state index is 13.9. The molecule has 1 aliphatic carbocycles. The van der Waals surface area contributed by atoms with E-state index >= 15 is 0 Å². The molecule has 38 heavy (non-hydrogen) atoms. The standard InChI is InChI=1S/C28H27N3O5S2/c32-28(21-11-4-1-5-12-21)30-25-18-19-26(24-17-10-20-29-27(24)25)31(37(33,34)22-13-6-2-7-14-22)38(35,36)23-15-8-3-9-16-23/h2-3,6-10,13-21H,1,4-5,11-12H2,(H,30,32). The summed E-state index contributed by atoms with van der Waals surface area (Å²) in [6, 6.07) is 20.9. The van der Waals surface area contributed by atoms with Gasteiger partial charge in [-0.3, -0.25) is 9.78 Å². The van der Waals surface area contributed by atoms with Gasteiger partial charge in [-0.05, 0) is 61.4 Å². The summed E-state index contributed by atoms with van der Waals surface area (Å²) in [7, 11) is -9.15. The Labute approximate surface area is 222 Å². The number of sulfonamides is 2. The Hall–Kier alpha value is -3.76. The summed E-state index contributed by atoms with van der Waals surface area (Å²) < 4.78 is 56.1. The number of hydrogen-bond donors (Lipinski definition) is 1. The lowest BCUT2D eigenvalue weighted by atomic mass is 9.88. The third-order valence-corrected chi connectivity index (χ3v) is 10.9. The molecule has 1 fully saturated rings. The van der Waals surface area contributed by atoms with E-state index in [4.69, 9.17) is 0 Å². The van der Waals surface area contributed by atoms with Crippen LogP contribution < -0.4 is 9.03 Å². The van der Waals surface area contributed by atoms with Gasteiger partial charge < -0.3 is 5.32 Å². The number of anilines is 2. The van der Waals surface area contributed by atoms with Crippen LogP contribution >= 0.6 is 0 Å². The minimum atomic E-state index is -4.57. The van der Waals surface area contributed by atoms with E-state index in [1.807, 2.05) is 0 Å². The van der Waals surface area contributed by atoms with E-state index in [0.717, 1.165) is 32.1 Å². The number of nitrogens with zero attached hydrogens (tertiary/aromatic N) is 2. The smallest absolute Gasteiger partial charge is 0.277 e. The summed E-state index contributed by atoms with van der Waals surface area (Å²) in [5, 5.41) is 3.21. The molecular formula is C28H27N3O5S2. The second-order valence-electron chi connectivity index (χ2n) is 9.19. The molecule has 1 saturated carbocycles. The maximum atomic E-state index is 13.9. The fraction of sp³-hybridized carbons (Fsp3) is 0.214. The lowest BCUT2D eigenvalue weighted by molar-refractivity contribution is -0.120. The molecule has 1 aliphatic rings. The number of benzene rings is 3. The highest BCUT2D eigenvalue weighted by Crippen LogP contribution is 2.38. The molecule has 0 radical (unpaired) electrons. The van der Waals surface area contributed by atoms with E-state index in [1.54, 1.807) is 24.3 Å². The predicted octanol–water partition coefficient (Wildman–Crippen LogP) is 5.34. The molecule has 4 aromatic rings. The van der Waals surface area contributed by atoms with Gasteiger partial charge in [0.25, 0.3) is 20.0 Å². The number of rotatable bonds is 7. The van der Waals surface area contributed by atoms with E-state index in [9.17, 15) is 21.6 Å². The van der Waals surface area contributed by atoms with Gasteiger partial charge in [-0.15, -0.1) is 0 Å². The predicted molar refractivity (Wildman–Crippen MR) is 147 cm³/mol. The summed E-state index contributed by atoms with van der Waals surface area (Å²) in [5.41, 5.74) is 0.608. The van der Waals surface area contributed by atoms with Gasteiger partial charge in [0.1, 0.15) is 0 Å². The molecule has 0 atom stereocenters. The van der Waals surface area contributed by atoms with Crippen molar-refractivity contribution in [2.75, 3.05) is 9.03 Å². The highest BCUT2D eigenvalue weighted by Gasteiger charge is 2.38. The molecule has 1 aromatic heterocycles. The second-order valence-corrected chi connectivity index (χ2v) is 13.0. The normalized spacial score (nSPS) is 14.7. The minimum absolute atomic E-state index is 0.0866. The number of nitrogens with one attached hydrogen (secondary N) is 1. The molecule has 8 nitrogen and oxygen atoms in total. The first-order valence-corrected chi connectivity index (χ1v) is 15.3. The number of aromatic nitrogens is 1. The fourth-order valence-electron chi connectivity index (χ4n) is 4.78. The van der Waals surface area contributed by atoms with Gasteiger partial charge in [0, 0.05) is 17.5 Å². The summed E-state index contributed by atoms with van der Waals surface area (Å²) >= 11 is 0. The molecule has 0 aliphatic heterocycles. The molecular weight excluding hydrogens is 522 g/mol.